The summed E-state index contributed by atoms with van der Waals surface area (Å²) >= 11 is 7.60. The van der Waals surface area contributed by atoms with Crippen molar-refractivity contribution in [3.63, 3.8) is 0 Å². The molecule has 3 heterocycles. The van der Waals surface area contributed by atoms with Crippen molar-refractivity contribution < 1.29 is 9.53 Å². The normalized spacial score (nSPS) is 14.7. The van der Waals surface area contributed by atoms with E-state index in [2.05, 4.69) is 21.4 Å². The van der Waals surface area contributed by atoms with Gasteiger partial charge in [0.25, 0.3) is 5.91 Å². The van der Waals surface area contributed by atoms with Crippen LogP contribution in [0.3, 0.4) is 0 Å². The number of anilines is 1. The minimum Gasteiger partial charge on any atom is -0.379 e. The number of para-hydroxylation sites is 1. The first-order valence-corrected chi connectivity index (χ1v) is 11.7. The lowest BCUT2D eigenvalue weighted by Gasteiger charge is -2.27. The van der Waals surface area contributed by atoms with Crippen LogP contribution in [-0.4, -0.2) is 46.9 Å². The molecule has 5 rings (SSSR count). The fraction of sp³-hybridized carbons (Fsp3) is 0.250. The van der Waals surface area contributed by atoms with Crippen LogP contribution in [0.1, 0.15) is 20.9 Å². The number of nitrogens with one attached hydrogen (secondary N) is 1. The summed E-state index contributed by atoms with van der Waals surface area (Å²) in [6.07, 6.45) is 0. The van der Waals surface area contributed by atoms with E-state index >= 15 is 0 Å². The molecule has 1 N–H and O–H groups in total. The predicted molar refractivity (Wildman–Crippen MR) is 129 cm³/mol. The molecule has 8 heteroatoms. The molecule has 1 saturated heterocycles. The van der Waals surface area contributed by atoms with Crippen LogP contribution in [0.5, 0.6) is 0 Å². The number of halogens is 1. The Morgan fingerprint density at radius 2 is 1.97 bits per heavy atom. The summed E-state index contributed by atoms with van der Waals surface area (Å²) in [5, 5.41) is 9.39. The van der Waals surface area contributed by atoms with E-state index in [-0.39, 0.29) is 5.91 Å². The smallest absolute Gasteiger partial charge is 0.265 e. The summed E-state index contributed by atoms with van der Waals surface area (Å²) in [6.45, 7) is 6.04. The summed E-state index contributed by atoms with van der Waals surface area (Å²) in [4.78, 5) is 17.1. The van der Waals surface area contributed by atoms with Crippen LogP contribution in [0.2, 0.25) is 5.02 Å². The van der Waals surface area contributed by atoms with Crippen LogP contribution >= 0.6 is 22.9 Å². The molecule has 1 amide bonds. The van der Waals surface area contributed by atoms with Gasteiger partial charge in [-0.1, -0.05) is 35.9 Å². The number of hydrogen-bond acceptors (Lipinski definition) is 5. The number of amides is 1. The highest BCUT2D eigenvalue weighted by molar-refractivity contribution is 7.20. The van der Waals surface area contributed by atoms with Crippen LogP contribution in [0, 0.1) is 6.92 Å². The molecule has 0 unspecified atom stereocenters. The van der Waals surface area contributed by atoms with Crippen LogP contribution in [0.25, 0.3) is 15.9 Å². The number of nitrogens with zero attached hydrogens (tertiary/aromatic N) is 3. The Bertz CT molecular complexity index is 1280. The molecule has 1 aliphatic rings. The van der Waals surface area contributed by atoms with E-state index in [1.807, 2.05) is 60.1 Å². The Balaban J connectivity index is 1.41. The van der Waals surface area contributed by atoms with Crippen molar-refractivity contribution in [2.24, 2.45) is 0 Å². The van der Waals surface area contributed by atoms with Gasteiger partial charge in [-0.3, -0.25) is 9.69 Å². The van der Waals surface area contributed by atoms with Crippen LogP contribution < -0.4 is 5.32 Å². The lowest BCUT2D eigenvalue weighted by atomic mass is 10.1. The summed E-state index contributed by atoms with van der Waals surface area (Å²) in [6, 6.07) is 17.5. The second-order valence-electron chi connectivity index (χ2n) is 7.81. The Kier molecular flexibility index (Phi) is 5.97. The molecule has 6 nitrogen and oxygen atoms in total. The van der Waals surface area contributed by atoms with Crippen LogP contribution in [0.15, 0.2) is 54.6 Å². The van der Waals surface area contributed by atoms with E-state index in [9.17, 15) is 4.79 Å². The molecule has 0 atom stereocenters. The quantitative estimate of drug-likeness (QED) is 0.442. The Morgan fingerprint density at radius 3 is 2.78 bits per heavy atom. The van der Waals surface area contributed by atoms with Crippen molar-refractivity contribution in [1.29, 1.82) is 0 Å². The summed E-state index contributed by atoms with van der Waals surface area (Å²) in [7, 11) is 0. The van der Waals surface area contributed by atoms with E-state index in [1.165, 1.54) is 11.3 Å². The lowest BCUT2D eigenvalue weighted by Crippen LogP contribution is -2.35. The number of hydrogen-bond donors (Lipinski definition) is 1. The minimum absolute atomic E-state index is 0.113. The molecule has 32 heavy (non-hydrogen) atoms. The number of thiophene rings is 1. The van der Waals surface area contributed by atoms with Crippen molar-refractivity contribution in [3.05, 3.63) is 75.8 Å². The number of benzene rings is 2. The number of rotatable bonds is 5. The first-order chi connectivity index (χ1) is 15.6. The van der Waals surface area contributed by atoms with Gasteiger partial charge in [0.1, 0.15) is 4.83 Å². The number of carbonyl (C=O) groups is 1. The molecule has 0 saturated carbocycles. The number of fused-ring (bicyclic) bond motifs is 1. The van der Waals surface area contributed by atoms with Crippen molar-refractivity contribution in [1.82, 2.24) is 14.7 Å². The first kappa shape index (κ1) is 21.2. The highest BCUT2D eigenvalue weighted by atomic mass is 35.5. The number of carbonyl (C=O) groups excluding carboxylic acids is 1. The van der Waals surface area contributed by atoms with Crippen molar-refractivity contribution in [3.8, 4) is 5.69 Å². The van der Waals surface area contributed by atoms with E-state index < -0.39 is 0 Å². The molecular weight excluding hydrogens is 444 g/mol. The number of aromatic nitrogens is 2. The Morgan fingerprint density at radius 1 is 1.16 bits per heavy atom. The Hall–Kier alpha value is -2.71. The molecule has 2 aromatic carbocycles. The van der Waals surface area contributed by atoms with E-state index in [1.54, 1.807) is 0 Å². The zero-order valence-electron chi connectivity index (χ0n) is 17.7. The fourth-order valence-corrected chi connectivity index (χ4v) is 5.17. The highest BCUT2D eigenvalue weighted by Gasteiger charge is 2.19. The molecule has 2 aromatic heterocycles. The average molecular weight is 467 g/mol. The van der Waals surface area contributed by atoms with Gasteiger partial charge < -0.3 is 10.1 Å². The van der Waals surface area contributed by atoms with Gasteiger partial charge in [-0.15, -0.1) is 11.3 Å². The van der Waals surface area contributed by atoms with Crippen LogP contribution in [-0.2, 0) is 11.3 Å². The van der Waals surface area contributed by atoms with Crippen molar-refractivity contribution in [2.75, 3.05) is 31.6 Å². The van der Waals surface area contributed by atoms with Gasteiger partial charge in [-0.2, -0.15) is 5.10 Å². The van der Waals surface area contributed by atoms with E-state index in [4.69, 9.17) is 16.3 Å². The first-order valence-electron chi connectivity index (χ1n) is 10.5. The largest absolute Gasteiger partial charge is 0.379 e. The zero-order valence-corrected chi connectivity index (χ0v) is 19.2. The Labute approximate surface area is 195 Å². The molecule has 0 bridgehead atoms. The molecule has 164 valence electrons. The third-order valence-electron chi connectivity index (χ3n) is 5.58. The number of aryl methyl sites for hydroxylation is 1. The SMILES string of the molecule is Cc1nn(-c2cccc(Cl)c2)c2sc(C(=O)Nc3ccccc3CN3CCOCC3)cc12. The standard InChI is InChI=1S/C24H23ClN4O2S/c1-16-20-14-22(32-24(20)29(27-16)19-7-4-6-18(25)13-19)23(30)26-21-8-3-2-5-17(21)15-28-9-11-31-12-10-28/h2-8,13-14H,9-12,15H2,1H3,(H,26,30). The fourth-order valence-electron chi connectivity index (χ4n) is 3.91. The molecule has 0 radical (unpaired) electrons. The van der Waals surface area contributed by atoms with Gasteiger partial charge in [-0.25, -0.2) is 4.68 Å². The molecule has 0 spiro atoms. The van der Waals surface area contributed by atoms with Gasteiger partial charge in [0.05, 0.1) is 29.5 Å². The molecule has 0 aliphatic carbocycles. The zero-order chi connectivity index (χ0) is 22.1. The maximum absolute atomic E-state index is 13.2. The van der Waals surface area contributed by atoms with Gasteiger partial charge >= 0.3 is 0 Å². The highest BCUT2D eigenvalue weighted by Crippen LogP contribution is 2.31. The van der Waals surface area contributed by atoms with E-state index in [0.29, 0.717) is 9.90 Å². The predicted octanol–water partition coefficient (Wildman–Crippen LogP) is 5.13. The average Bonchev–Trinajstić information content (AvgIpc) is 3.37. The van der Waals surface area contributed by atoms with Gasteiger partial charge in [0.15, 0.2) is 0 Å². The number of ether oxygens (including phenoxy) is 1. The van der Waals surface area contributed by atoms with Gasteiger partial charge in [0, 0.05) is 35.7 Å². The third kappa shape index (κ3) is 4.29. The maximum Gasteiger partial charge on any atom is 0.265 e. The molecular formula is C24H23ClN4O2S. The van der Waals surface area contributed by atoms with E-state index in [0.717, 1.165) is 65.7 Å². The number of morpholine rings is 1. The maximum atomic E-state index is 13.2. The van der Waals surface area contributed by atoms with Crippen LogP contribution in [0.4, 0.5) is 5.69 Å². The summed E-state index contributed by atoms with van der Waals surface area (Å²) in [5.74, 6) is -0.113. The molecule has 1 fully saturated rings. The lowest BCUT2D eigenvalue weighted by molar-refractivity contribution is 0.0342. The second-order valence-corrected chi connectivity index (χ2v) is 9.27. The topological polar surface area (TPSA) is 59.4 Å². The van der Waals surface area contributed by atoms with Crippen molar-refractivity contribution in [2.45, 2.75) is 13.5 Å². The monoisotopic (exact) mass is 466 g/mol. The third-order valence-corrected chi connectivity index (χ3v) is 6.93. The minimum atomic E-state index is -0.113. The van der Waals surface area contributed by atoms with Gasteiger partial charge in [-0.05, 0) is 42.8 Å². The molecule has 4 aromatic rings. The van der Waals surface area contributed by atoms with Gasteiger partial charge in [0.2, 0.25) is 0 Å². The second kappa shape index (κ2) is 9.03. The summed E-state index contributed by atoms with van der Waals surface area (Å²) in [5.41, 5.74) is 3.70. The summed E-state index contributed by atoms with van der Waals surface area (Å²) < 4.78 is 7.30. The van der Waals surface area contributed by atoms with Crippen molar-refractivity contribution >= 4 is 44.7 Å². The molecule has 1 aliphatic heterocycles.